The minimum absolute atomic E-state index is 0. The molecule has 5 rings (SSSR count). The van der Waals surface area contributed by atoms with Crippen LogP contribution in [-0.2, 0) is 6.54 Å². The van der Waals surface area contributed by atoms with Crippen molar-refractivity contribution in [2.75, 3.05) is 20.6 Å². The van der Waals surface area contributed by atoms with Crippen LogP contribution in [0, 0.1) is 17.3 Å². The Bertz CT molecular complexity index is 895. The molecule has 0 spiro atoms. The zero-order valence-electron chi connectivity index (χ0n) is 17.7. The van der Waals surface area contributed by atoms with Crippen molar-refractivity contribution in [3.8, 4) is 11.1 Å². The second-order valence-electron chi connectivity index (χ2n) is 9.87. The zero-order valence-corrected chi connectivity index (χ0v) is 21.4. The van der Waals surface area contributed by atoms with Gasteiger partial charge in [0.1, 0.15) is 13.1 Å². The molecule has 29 heavy (non-hydrogen) atoms. The maximum atomic E-state index is 6.37. The molecule has 0 unspecified atom stereocenters. The molecular formula is C25H30Cl2IN. The van der Waals surface area contributed by atoms with E-state index in [0.29, 0.717) is 15.5 Å². The largest absolute Gasteiger partial charge is 1.00 e. The molecule has 0 aromatic heterocycles. The first-order chi connectivity index (χ1) is 13.2. The summed E-state index contributed by atoms with van der Waals surface area (Å²) in [7, 11) is 4.69. The Labute approximate surface area is 202 Å². The van der Waals surface area contributed by atoms with E-state index >= 15 is 0 Å². The van der Waals surface area contributed by atoms with Crippen LogP contribution in [0.1, 0.15) is 32.3 Å². The smallest absolute Gasteiger partial charge is 0.104 e. The van der Waals surface area contributed by atoms with Gasteiger partial charge in [0.25, 0.3) is 0 Å². The molecule has 0 saturated heterocycles. The number of quaternary nitrogens is 1. The van der Waals surface area contributed by atoms with E-state index in [0.717, 1.165) is 40.5 Å². The average molecular weight is 542 g/mol. The van der Waals surface area contributed by atoms with Crippen LogP contribution in [0.5, 0.6) is 0 Å². The first kappa shape index (κ1) is 23.1. The number of hydrogen-bond donors (Lipinski definition) is 0. The molecule has 3 aliphatic rings. The minimum Gasteiger partial charge on any atom is -1.00 e. The molecule has 3 aliphatic carbocycles. The second kappa shape index (κ2) is 8.53. The number of rotatable bonds is 5. The highest BCUT2D eigenvalue weighted by atomic mass is 127. The predicted molar refractivity (Wildman–Crippen MR) is 121 cm³/mol. The van der Waals surface area contributed by atoms with E-state index in [1.807, 2.05) is 18.2 Å². The van der Waals surface area contributed by atoms with Gasteiger partial charge in [0.2, 0.25) is 0 Å². The lowest BCUT2D eigenvalue weighted by molar-refractivity contribution is -0.899. The fourth-order valence-electron chi connectivity index (χ4n) is 5.25. The molecule has 4 heteroatoms. The Hall–Kier alpha value is -0.550. The Balaban J connectivity index is 0.00000240. The molecule has 0 radical (unpaired) electrons. The number of allylic oxidation sites excluding steroid dienone is 1. The predicted octanol–water partition coefficient (Wildman–Crippen LogP) is 4.23. The fourth-order valence-corrected chi connectivity index (χ4v) is 5.87. The highest BCUT2D eigenvalue weighted by Gasteiger charge is 2.52. The monoisotopic (exact) mass is 541 g/mol. The van der Waals surface area contributed by atoms with Crippen molar-refractivity contribution in [1.29, 1.82) is 0 Å². The van der Waals surface area contributed by atoms with Gasteiger partial charge in [0.15, 0.2) is 0 Å². The van der Waals surface area contributed by atoms with Crippen LogP contribution < -0.4 is 24.0 Å². The van der Waals surface area contributed by atoms with Crippen LogP contribution in [0.2, 0.25) is 10.0 Å². The maximum Gasteiger partial charge on any atom is 0.104 e. The van der Waals surface area contributed by atoms with Crippen LogP contribution in [-0.4, -0.2) is 25.1 Å². The van der Waals surface area contributed by atoms with E-state index in [-0.39, 0.29) is 24.0 Å². The first-order valence-corrected chi connectivity index (χ1v) is 11.0. The highest BCUT2D eigenvalue weighted by molar-refractivity contribution is 6.39. The quantitative estimate of drug-likeness (QED) is 0.302. The van der Waals surface area contributed by atoms with Crippen LogP contribution in [0.4, 0.5) is 0 Å². The molecule has 2 bridgehead atoms. The van der Waals surface area contributed by atoms with Crippen molar-refractivity contribution < 1.29 is 28.5 Å². The molecule has 0 N–H and O–H groups in total. The third-order valence-corrected chi connectivity index (χ3v) is 7.64. The van der Waals surface area contributed by atoms with Crippen molar-refractivity contribution in [2.45, 2.75) is 33.2 Å². The van der Waals surface area contributed by atoms with Crippen LogP contribution >= 0.6 is 23.2 Å². The van der Waals surface area contributed by atoms with Gasteiger partial charge in [0.05, 0.1) is 14.1 Å². The van der Waals surface area contributed by atoms with Crippen LogP contribution in [0.3, 0.4) is 0 Å². The fraction of sp³-hybridized carbons (Fsp3) is 0.440. The summed E-state index contributed by atoms with van der Waals surface area (Å²) < 4.78 is 0.981. The van der Waals surface area contributed by atoms with E-state index < -0.39 is 0 Å². The van der Waals surface area contributed by atoms with E-state index in [1.54, 1.807) is 5.57 Å². The SMILES string of the molecule is CC1(C)[C@H]2CC=C(C[N+](C)(C)Cc3ccc(-c4c(Cl)cccc4Cl)cc3)[C@@H]1C2.[I-]. The number of hydrogen-bond acceptors (Lipinski definition) is 0. The summed E-state index contributed by atoms with van der Waals surface area (Å²) in [6.45, 7) is 7.07. The molecule has 0 aliphatic heterocycles. The summed E-state index contributed by atoms with van der Waals surface area (Å²) in [5.41, 5.74) is 5.51. The van der Waals surface area contributed by atoms with Crippen molar-refractivity contribution in [3.63, 3.8) is 0 Å². The summed E-state index contributed by atoms with van der Waals surface area (Å²) in [5.74, 6) is 1.69. The Kier molecular flexibility index (Phi) is 6.80. The lowest BCUT2D eigenvalue weighted by Gasteiger charge is -2.57. The molecule has 2 aromatic rings. The normalized spacial score (nSPS) is 22.3. The first-order valence-electron chi connectivity index (χ1n) is 10.2. The molecule has 2 aromatic carbocycles. The van der Waals surface area contributed by atoms with Gasteiger partial charge in [-0.1, -0.05) is 73.5 Å². The van der Waals surface area contributed by atoms with Gasteiger partial charge in [-0.15, -0.1) is 0 Å². The number of halogens is 3. The summed E-state index contributed by atoms with van der Waals surface area (Å²) in [4.78, 5) is 0. The van der Waals surface area contributed by atoms with Gasteiger partial charge < -0.3 is 28.5 Å². The van der Waals surface area contributed by atoms with E-state index in [4.69, 9.17) is 23.2 Å². The van der Waals surface area contributed by atoms with Gasteiger partial charge in [-0.05, 0) is 53.4 Å². The zero-order chi connectivity index (χ0) is 20.1. The molecule has 1 nitrogen and oxygen atoms in total. The van der Waals surface area contributed by atoms with E-state index in [2.05, 4.69) is 58.3 Å². The van der Waals surface area contributed by atoms with E-state index in [9.17, 15) is 0 Å². The Morgan fingerprint density at radius 3 is 2.14 bits per heavy atom. The molecule has 1 saturated carbocycles. The molecule has 0 heterocycles. The average Bonchev–Trinajstić information content (AvgIpc) is 2.62. The van der Waals surface area contributed by atoms with Gasteiger partial charge >= 0.3 is 0 Å². The molecule has 156 valence electrons. The summed E-state index contributed by atoms with van der Waals surface area (Å²) >= 11 is 12.7. The molecule has 1 fully saturated rings. The highest BCUT2D eigenvalue weighted by Crippen LogP contribution is 2.59. The Morgan fingerprint density at radius 2 is 1.59 bits per heavy atom. The third kappa shape index (κ3) is 4.56. The molecular weight excluding hydrogens is 512 g/mol. The van der Waals surface area contributed by atoms with Crippen LogP contribution in [0.15, 0.2) is 54.1 Å². The van der Waals surface area contributed by atoms with E-state index in [1.165, 1.54) is 18.4 Å². The minimum atomic E-state index is 0. The summed E-state index contributed by atoms with van der Waals surface area (Å²) in [5, 5.41) is 1.39. The number of benzene rings is 2. The topological polar surface area (TPSA) is 0 Å². The number of likely N-dealkylation sites (N-methyl/N-ethyl adjacent to an activating group) is 1. The summed E-state index contributed by atoms with van der Waals surface area (Å²) in [6, 6.07) is 14.4. The number of fused-ring (bicyclic) bond motifs is 1. The maximum absolute atomic E-state index is 6.37. The van der Waals surface area contributed by atoms with Crippen LogP contribution in [0.25, 0.3) is 11.1 Å². The standard InChI is InChI=1S/C25H30Cl2N.HI/c1-25(2)20-13-12-19(21(25)14-20)16-28(3,4)15-17-8-10-18(11-9-17)24-22(26)6-5-7-23(24)27;/h5-12,20-21H,13-16H2,1-4H3;1H/q+1;/p-1/t20-,21-;/m0./s1. The summed E-state index contributed by atoms with van der Waals surface area (Å²) in [6.07, 6.45) is 5.20. The van der Waals surface area contributed by atoms with Crippen molar-refractivity contribution in [1.82, 2.24) is 0 Å². The van der Waals surface area contributed by atoms with Gasteiger partial charge in [0, 0.05) is 21.2 Å². The third-order valence-electron chi connectivity index (χ3n) is 7.01. The second-order valence-corrected chi connectivity index (χ2v) is 10.7. The molecule has 0 amide bonds. The Morgan fingerprint density at radius 1 is 0.966 bits per heavy atom. The molecule has 2 atom stereocenters. The van der Waals surface area contributed by atoms with Gasteiger partial charge in [-0.3, -0.25) is 0 Å². The van der Waals surface area contributed by atoms with Gasteiger partial charge in [-0.25, -0.2) is 0 Å². The van der Waals surface area contributed by atoms with Crippen molar-refractivity contribution in [3.05, 3.63) is 69.7 Å². The number of nitrogens with zero attached hydrogens (tertiary/aromatic N) is 1. The van der Waals surface area contributed by atoms with Crippen molar-refractivity contribution in [2.24, 2.45) is 17.3 Å². The lowest BCUT2D eigenvalue weighted by Crippen LogP contribution is -3.00. The van der Waals surface area contributed by atoms with Crippen molar-refractivity contribution >= 4 is 23.2 Å². The lowest BCUT2D eigenvalue weighted by atomic mass is 9.49. The van der Waals surface area contributed by atoms with Gasteiger partial charge in [-0.2, -0.15) is 0 Å².